The van der Waals surface area contributed by atoms with Crippen molar-refractivity contribution in [2.24, 2.45) is 0 Å². The van der Waals surface area contributed by atoms with Crippen molar-refractivity contribution in [3.8, 4) is 0 Å². The average molecular weight is 410 g/mol. The third-order valence-electron chi connectivity index (χ3n) is 4.12. The van der Waals surface area contributed by atoms with Crippen molar-refractivity contribution in [1.29, 1.82) is 0 Å². The first-order valence-electron chi connectivity index (χ1n) is 8.68. The second kappa shape index (κ2) is 9.21. The molecule has 0 radical (unpaired) electrons. The molecule has 2 aromatic rings. The normalized spacial score (nSPS) is 11.4. The van der Waals surface area contributed by atoms with Crippen LogP contribution in [0, 0.1) is 6.92 Å². The highest BCUT2D eigenvalue weighted by Gasteiger charge is 2.22. The van der Waals surface area contributed by atoms with E-state index in [-0.39, 0.29) is 17.3 Å². The highest BCUT2D eigenvalue weighted by atomic mass is 35.5. The Hall–Kier alpha value is -2.09. The summed E-state index contributed by atoms with van der Waals surface area (Å²) < 4.78 is 26.7. The lowest BCUT2D eigenvalue weighted by molar-refractivity contribution is -0.114. The molecule has 0 aliphatic carbocycles. The molecule has 0 spiro atoms. The Labute approximate surface area is 165 Å². The summed E-state index contributed by atoms with van der Waals surface area (Å²) in [5, 5.41) is 6.38. The second-order valence-corrected chi connectivity index (χ2v) is 8.35. The molecule has 6 nitrogen and oxygen atoms in total. The largest absolute Gasteiger partial charge is 0.376 e. The summed E-state index contributed by atoms with van der Waals surface area (Å²) in [5.41, 5.74) is 2.03. The highest BCUT2D eigenvalue weighted by molar-refractivity contribution is 7.89. The molecule has 0 atom stereocenters. The van der Waals surface area contributed by atoms with Gasteiger partial charge in [-0.3, -0.25) is 4.79 Å². The zero-order valence-corrected chi connectivity index (χ0v) is 17.2. The molecule has 0 bridgehead atoms. The van der Waals surface area contributed by atoms with Gasteiger partial charge in [-0.1, -0.05) is 31.5 Å². The fourth-order valence-electron chi connectivity index (χ4n) is 2.55. The van der Waals surface area contributed by atoms with Crippen molar-refractivity contribution in [3.63, 3.8) is 0 Å². The molecule has 0 heterocycles. The van der Waals surface area contributed by atoms with Crippen molar-refractivity contribution >= 4 is 38.9 Å². The molecule has 8 heteroatoms. The molecule has 146 valence electrons. The predicted molar refractivity (Wildman–Crippen MR) is 110 cm³/mol. The molecule has 2 aromatic carbocycles. The SMILES string of the molecule is CCN(CC)S(=O)(=O)c1ccc(C)c(NC(=O)CNc2ccc(Cl)cc2)c1. The van der Waals surface area contributed by atoms with Gasteiger partial charge in [0.15, 0.2) is 0 Å². The molecule has 27 heavy (non-hydrogen) atoms. The number of halogens is 1. The lowest BCUT2D eigenvalue weighted by Crippen LogP contribution is -2.30. The van der Waals surface area contributed by atoms with Crippen molar-refractivity contribution in [2.45, 2.75) is 25.7 Å². The Bertz CT molecular complexity index is 895. The van der Waals surface area contributed by atoms with Crippen molar-refractivity contribution < 1.29 is 13.2 Å². The fraction of sp³-hybridized carbons (Fsp3) is 0.316. The third kappa shape index (κ3) is 5.45. The molecule has 0 aromatic heterocycles. The second-order valence-electron chi connectivity index (χ2n) is 5.97. The fourth-order valence-corrected chi connectivity index (χ4v) is 4.16. The number of benzene rings is 2. The molecule has 1 amide bonds. The summed E-state index contributed by atoms with van der Waals surface area (Å²) in [7, 11) is -3.58. The maximum absolute atomic E-state index is 12.7. The van der Waals surface area contributed by atoms with Gasteiger partial charge in [-0.15, -0.1) is 0 Å². The summed E-state index contributed by atoms with van der Waals surface area (Å²) >= 11 is 5.83. The van der Waals surface area contributed by atoms with Crippen LogP contribution in [0.25, 0.3) is 0 Å². The molecule has 0 saturated carbocycles. The zero-order chi connectivity index (χ0) is 20.0. The van der Waals surface area contributed by atoms with Crippen LogP contribution in [-0.4, -0.2) is 38.3 Å². The van der Waals surface area contributed by atoms with E-state index in [2.05, 4.69) is 10.6 Å². The number of aryl methyl sites for hydroxylation is 1. The molecular formula is C19H24ClN3O3S. The molecule has 0 fully saturated rings. The van der Waals surface area contributed by atoms with Gasteiger partial charge >= 0.3 is 0 Å². The van der Waals surface area contributed by atoms with Crippen LogP contribution in [0.2, 0.25) is 5.02 Å². The van der Waals surface area contributed by atoms with Crippen molar-refractivity contribution in [3.05, 3.63) is 53.1 Å². The Morgan fingerprint density at radius 2 is 1.70 bits per heavy atom. The Morgan fingerprint density at radius 1 is 1.07 bits per heavy atom. The summed E-state index contributed by atoms with van der Waals surface area (Å²) in [6.45, 7) is 6.23. The van der Waals surface area contributed by atoms with Crippen LogP contribution in [0.5, 0.6) is 0 Å². The van der Waals surface area contributed by atoms with Crippen LogP contribution in [0.3, 0.4) is 0 Å². The maximum atomic E-state index is 12.7. The number of carbonyl (C=O) groups is 1. The molecular weight excluding hydrogens is 386 g/mol. The lowest BCUT2D eigenvalue weighted by Gasteiger charge is -2.19. The first-order valence-corrected chi connectivity index (χ1v) is 10.5. The van der Waals surface area contributed by atoms with Gasteiger partial charge in [0.1, 0.15) is 0 Å². The van der Waals surface area contributed by atoms with E-state index in [4.69, 9.17) is 11.6 Å². The molecule has 0 unspecified atom stereocenters. The summed E-state index contributed by atoms with van der Waals surface area (Å²) in [5.74, 6) is -0.273. The van der Waals surface area contributed by atoms with E-state index >= 15 is 0 Å². The van der Waals surface area contributed by atoms with Crippen LogP contribution in [0.1, 0.15) is 19.4 Å². The van der Waals surface area contributed by atoms with E-state index < -0.39 is 10.0 Å². The van der Waals surface area contributed by atoms with Crippen molar-refractivity contribution in [1.82, 2.24) is 4.31 Å². The van der Waals surface area contributed by atoms with E-state index in [0.717, 1.165) is 11.3 Å². The van der Waals surface area contributed by atoms with Gasteiger partial charge in [0.25, 0.3) is 0 Å². The van der Waals surface area contributed by atoms with Crippen LogP contribution in [0.15, 0.2) is 47.4 Å². The number of anilines is 2. The summed E-state index contributed by atoms with van der Waals surface area (Å²) in [6.07, 6.45) is 0. The quantitative estimate of drug-likeness (QED) is 0.696. The number of nitrogens with one attached hydrogen (secondary N) is 2. The molecule has 0 aliphatic rings. The van der Waals surface area contributed by atoms with Gasteiger partial charge in [0, 0.05) is 29.5 Å². The number of sulfonamides is 1. The van der Waals surface area contributed by atoms with E-state index in [1.54, 1.807) is 50.2 Å². The third-order valence-corrected chi connectivity index (χ3v) is 6.42. The van der Waals surface area contributed by atoms with E-state index in [1.807, 2.05) is 6.92 Å². The first-order chi connectivity index (χ1) is 12.8. The molecule has 0 saturated heterocycles. The van der Waals surface area contributed by atoms with E-state index in [1.165, 1.54) is 10.4 Å². The minimum atomic E-state index is -3.58. The van der Waals surface area contributed by atoms with Crippen LogP contribution >= 0.6 is 11.6 Å². The van der Waals surface area contributed by atoms with Gasteiger partial charge < -0.3 is 10.6 Å². The average Bonchev–Trinajstić information content (AvgIpc) is 2.63. The number of hydrogen-bond donors (Lipinski definition) is 2. The predicted octanol–water partition coefficient (Wildman–Crippen LogP) is 3.73. The Morgan fingerprint density at radius 3 is 2.30 bits per heavy atom. The number of amides is 1. The highest BCUT2D eigenvalue weighted by Crippen LogP contribution is 2.23. The Kier molecular flexibility index (Phi) is 7.24. The van der Waals surface area contributed by atoms with Gasteiger partial charge in [0.2, 0.25) is 15.9 Å². The minimum Gasteiger partial charge on any atom is -0.376 e. The maximum Gasteiger partial charge on any atom is 0.243 e. The van der Waals surface area contributed by atoms with Gasteiger partial charge in [-0.2, -0.15) is 4.31 Å². The summed E-state index contributed by atoms with van der Waals surface area (Å²) in [4.78, 5) is 12.4. The lowest BCUT2D eigenvalue weighted by atomic mass is 10.2. The number of hydrogen-bond acceptors (Lipinski definition) is 4. The van der Waals surface area contributed by atoms with Crippen LogP contribution < -0.4 is 10.6 Å². The van der Waals surface area contributed by atoms with Gasteiger partial charge in [-0.05, 0) is 48.9 Å². The van der Waals surface area contributed by atoms with Gasteiger partial charge in [0.05, 0.1) is 11.4 Å². The molecule has 2 rings (SSSR count). The number of nitrogens with zero attached hydrogens (tertiary/aromatic N) is 1. The Balaban J connectivity index is 2.11. The first kappa shape index (κ1) is 21.2. The van der Waals surface area contributed by atoms with E-state index in [0.29, 0.717) is 23.8 Å². The smallest absolute Gasteiger partial charge is 0.243 e. The zero-order valence-electron chi connectivity index (χ0n) is 15.6. The minimum absolute atomic E-state index is 0.0497. The topological polar surface area (TPSA) is 78.5 Å². The molecule has 2 N–H and O–H groups in total. The number of rotatable bonds is 8. The van der Waals surface area contributed by atoms with Crippen LogP contribution in [-0.2, 0) is 14.8 Å². The number of carbonyl (C=O) groups excluding carboxylic acids is 1. The van der Waals surface area contributed by atoms with E-state index in [9.17, 15) is 13.2 Å². The summed E-state index contributed by atoms with van der Waals surface area (Å²) in [6, 6.07) is 11.8. The molecule has 0 aliphatic heterocycles. The van der Waals surface area contributed by atoms with Crippen LogP contribution in [0.4, 0.5) is 11.4 Å². The van der Waals surface area contributed by atoms with Crippen molar-refractivity contribution in [2.75, 3.05) is 30.3 Å². The monoisotopic (exact) mass is 409 g/mol. The van der Waals surface area contributed by atoms with Gasteiger partial charge in [-0.25, -0.2) is 8.42 Å². The standard InChI is InChI=1S/C19H24ClN3O3S/c1-4-23(5-2)27(25,26)17-11-6-14(3)18(12-17)22-19(24)13-21-16-9-7-15(20)8-10-16/h6-12,21H,4-5,13H2,1-3H3,(H,22,24).